The fourth-order valence-corrected chi connectivity index (χ4v) is 1.60. The number of hydrogen-bond donors (Lipinski definition) is 1. The number of benzene rings is 1. The number of rotatable bonds is 4. The summed E-state index contributed by atoms with van der Waals surface area (Å²) in [6, 6.07) is 7.55. The molecule has 18 heavy (non-hydrogen) atoms. The van der Waals surface area contributed by atoms with Crippen LogP contribution in [-0.4, -0.2) is 12.0 Å². The van der Waals surface area contributed by atoms with Crippen molar-refractivity contribution in [3.63, 3.8) is 0 Å². The maximum atomic E-state index is 13.0. The first-order chi connectivity index (χ1) is 8.69. The Balaban J connectivity index is 2.15. The lowest BCUT2D eigenvalue weighted by Gasteiger charge is -2.07. The minimum absolute atomic E-state index is 0.255. The summed E-state index contributed by atoms with van der Waals surface area (Å²) < 4.78 is 18.5. The molecule has 1 aromatic carbocycles. The molecule has 0 spiro atoms. The van der Waals surface area contributed by atoms with Crippen LogP contribution in [0.2, 0.25) is 5.02 Å². The van der Waals surface area contributed by atoms with E-state index in [-0.39, 0.29) is 5.75 Å². The molecule has 0 aliphatic carbocycles. The first-order valence-electron chi connectivity index (χ1n) is 5.41. The maximum Gasteiger partial charge on any atom is 0.219 e. The Hall–Kier alpha value is -1.65. The highest BCUT2D eigenvalue weighted by Gasteiger charge is 2.05. The van der Waals surface area contributed by atoms with Gasteiger partial charge in [0.2, 0.25) is 5.88 Å². The molecule has 94 valence electrons. The van der Waals surface area contributed by atoms with E-state index < -0.39 is 5.82 Å². The molecule has 1 aromatic heterocycles. The molecular weight excluding hydrogens is 255 g/mol. The van der Waals surface area contributed by atoms with Gasteiger partial charge in [-0.1, -0.05) is 17.7 Å². The van der Waals surface area contributed by atoms with Crippen molar-refractivity contribution in [3.8, 4) is 11.6 Å². The molecule has 0 saturated carbocycles. The topological polar surface area (TPSA) is 34.1 Å². The highest BCUT2D eigenvalue weighted by atomic mass is 35.5. The highest BCUT2D eigenvalue weighted by molar-refractivity contribution is 6.32. The standard InChI is InChI=1S/C13H12ClFN2O/c1-16-7-9-2-5-13(17-8-9)18-12-6-10(15)3-4-11(12)14/h2-6,8,16H,7H2,1H3. The van der Waals surface area contributed by atoms with E-state index in [2.05, 4.69) is 10.3 Å². The fraction of sp³-hybridized carbons (Fsp3) is 0.154. The summed E-state index contributed by atoms with van der Waals surface area (Å²) >= 11 is 5.90. The number of nitrogens with one attached hydrogen (secondary N) is 1. The predicted octanol–water partition coefficient (Wildman–Crippen LogP) is 3.39. The average molecular weight is 267 g/mol. The molecular formula is C13H12ClFN2O. The normalized spacial score (nSPS) is 10.4. The average Bonchev–Trinajstić information content (AvgIpc) is 2.37. The number of hydrogen-bond acceptors (Lipinski definition) is 3. The molecule has 1 N–H and O–H groups in total. The molecule has 2 aromatic rings. The van der Waals surface area contributed by atoms with Crippen LogP contribution in [0.3, 0.4) is 0 Å². The van der Waals surface area contributed by atoms with Crippen LogP contribution >= 0.6 is 11.6 Å². The van der Waals surface area contributed by atoms with Gasteiger partial charge in [0.25, 0.3) is 0 Å². The number of ether oxygens (including phenoxy) is 1. The Bertz CT molecular complexity index is 531. The van der Waals surface area contributed by atoms with Crippen LogP contribution < -0.4 is 10.1 Å². The number of aromatic nitrogens is 1. The van der Waals surface area contributed by atoms with Gasteiger partial charge in [-0.05, 0) is 24.7 Å². The van der Waals surface area contributed by atoms with E-state index >= 15 is 0 Å². The van der Waals surface area contributed by atoms with Crippen LogP contribution in [0.15, 0.2) is 36.5 Å². The summed E-state index contributed by atoms with van der Waals surface area (Å²) in [6.07, 6.45) is 1.69. The summed E-state index contributed by atoms with van der Waals surface area (Å²) in [7, 11) is 1.86. The second-order valence-electron chi connectivity index (χ2n) is 3.71. The van der Waals surface area contributed by atoms with Gasteiger partial charge in [-0.3, -0.25) is 0 Å². The molecule has 0 aliphatic heterocycles. The predicted molar refractivity (Wildman–Crippen MR) is 68.5 cm³/mol. The Morgan fingerprint density at radius 2 is 2.17 bits per heavy atom. The van der Waals surface area contributed by atoms with Crippen molar-refractivity contribution in [2.24, 2.45) is 0 Å². The third-order valence-electron chi connectivity index (χ3n) is 2.29. The van der Waals surface area contributed by atoms with Crippen molar-refractivity contribution in [2.75, 3.05) is 7.05 Å². The Labute approximate surface area is 110 Å². The molecule has 0 atom stereocenters. The van der Waals surface area contributed by atoms with Crippen molar-refractivity contribution in [1.29, 1.82) is 0 Å². The fourth-order valence-electron chi connectivity index (χ4n) is 1.45. The van der Waals surface area contributed by atoms with Crippen molar-refractivity contribution < 1.29 is 9.13 Å². The SMILES string of the molecule is CNCc1ccc(Oc2cc(F)ccc2Cl)nc1. The smallest absolute Gasteiger partial charge is 0.219 e. The van der Waals surface area contributed by atoms with Crippen LogP contribution in [0.25, 0.3) is 0 Å². The zero-order chi connectivity index (χ0) is 13.0. The summed E-state index contributed by atoms with van der Waals surface area (Å²) in [4.78, 5) is 4.12. The molecule has 0 aliphatic rings. The van der Waals surface area contributed by atoms with Gasteiger partial charge in [-0.2, -0.15) is 0 Å². The Morgan fingerprint density at radius 3 is 2.83 bits per heavy atom. The van der Waals surface area contributed by atoms with Crippen LogP contribution in [0.1, 0.15) is 5.56 Å². The molecule has 0 unspecified atom stereocenters. The van der Waals surface area contributed by atoms with Crippen LogP contribution in [0.5, 0.6) is 11.6 Å². The largest absolute Gasteiger partial charge is 0.437 e. The summed E-state index contributed by atoms with van der Waals surface area (Å²) in [5, 5.41) is 3.36. The van der Waals surface area contributed by atoms with Crippen LogP contribution in [0, 0.1) is 5.82 Å². The summed E-state index contributed by atoms with van der Waals surface area (Å²) in [5.41, 5.74) is 1.04. The first-order valence-corrected chi connectivity index (χ1v) is 5.79. The quantitative estimate of drug-likeness (QED) is 0.921. The maximum absolute atomic E-state index is 13.0. The number of halogens is 2. The monoisotopic (exact) mass is 266 g/mol. The van der Waals surface area contributed by atoms with Crippen molar-refractivity contribution in [2.45, 2.75) is 6.54 Å². The van der Waals surface area contributed by atoms with Crippen molar-refractivity contribution >= 4 is 11.6 Å². The summed E-state index contributed by atoms with van der Waals surface area (Å²) in [6.45, 7) is 0.730. The molecule has 1 heterocycles. The van der Waals surface area contributed by atoms with Crippen molar-refractivity contribution in [1.82, 2.24) is 10.3 Å². The highest BCUT2D eigenvalue weighted by Crippen LogP contribution is 2.28. The van der Waals surface area contributed by atoms with Gasteiger partial charge in [-0.15, -0.1) is 0 Å². The minimum Gasteiger partial charge on any atom is -0.437 e. The van der Waals surface area contributed by atoms with E-state index in [1.54, 1.807) is 12.3 Å². The molecule has 0 saturated heterocycles. The third kappa shape index (κ3) is 3.18. The van der Waals surface area contributed by atoms with Crippen LogP contribution in [0.4, 0.5) is 4.39 Å². The van der Waals surface area contributed by atoms with E-state index in [4.69, 9.17) is 16.3 Å². The minimum atomic E-state index is -0.402. The van der Waals surface area contributed by atoms with Gasteiger partial charge in [0.05, 0.1) is 5.02 Å². The van der Waals surface area contributed by atoms with Crippen LogP contribution in [-0.2, 0) is 6.54 Å². The Morgan fingerprint density at radius 1 is 1.33 bits per heavy atom. The van der Waals surface area contributed by atoms with Gasteiger partial charge in [-0.25, -0.2) is 9.37 Å². The molecule has 2 rings (SSSR count). The van der Waals surface area contributed by atoms with E-state index in [0.717, 1.165) is 12.1 Å². The Kier molecular flexibility index (Phi) is 4.12. The second kappa shape index (κ2) is 5.80. The van der Waals surface area contributed by atoms with E-state index in [1.165, 1.54) is 18.2 Å². The number of pyridine rings is 1. The van der Waals surface area contributed by atoms with E-state index in [9.17, 15) is 4.39 Å². The van der Waals surface area contributed by atoms with Gasteiger partial charge >= 0.3 is 0 Å². The third-order valence-corrected chi connectivity index (χ3v) is 2.60. The second-order valence-corrected chi connectivity index (χ2v) is 4.12. The van der Waals surface area contributed by atoms with Gasteiger partial charge in [0.15, 0.2) is 5.75 Å². The molecule has 5 heteroatoms. The molecule has 0 fully saturated rings. The molecule has 0 radical (unpaired) electrons. The molecule has 0 amide bonds. The lowest BCUT2D eigenvalue weighted by molar-refractivity contribution is 0.458. The first kappa shape index (κ1) is 12.8. The summed E-state index contributed by atoms with van der Waals surface area (Å²) in [5.74, 6) is 0.231. The van der Waals surface area contributed by atoms with E-state index in [0.29, 0.717) is 10.9 Å². The molecule has 3 nitrogen and oxygen atoms in total. The lowest BCUT2D eigenvalue weighted by Crippen LogP contribution is -2.05. The van der Waals surface area contributed by atoms with Gasteiger partial charge in [0.1, 0.15) is 5.82 Å². The zero-order valence-electron chi connectivity index (χ0n) is 9.78. The van der Waals surface area contributed by atoms with Gasteiger partial charge in [0, 0.05) is 24.9 Å². The molecule has 0 bridgehead atoms. The lowest BCUT2D eigenvalue weighted by atomic mass is 10.3. The van der Waals surface area contributed by atoms with Gasteiger partial charge < -0.3 is 10.1 Å². The van der Waals surface area contributed by atoms with Crippen molar-refractivity contribution in [3.05, 3.63) is 52.9 Å². The number of nitrogens with zero attached hydrogens (tertiary/aromatic N) is 1. The van der Waals surface area contributed by atoms with E-state index in [1.807, 2.05) is 13.1 Å². The zero-order valence-corrected chi connectivity index (χ0v) is 10.5.